The van der Waals surface area contributed by atoms with E-state index in [1.807, 2.05) is 0 Å². The van der Waals surface area contributed by atoms with Gasteiger partial charge in [0.15, 0.2) is 6.29 Å². The predicted molar refractivity (Wildman–Crippen MR) is 67.2 cm³/mol. The van der Waals surface area contributed by atoms with E-state index in [1.165, 1.54) is 11.1 Å². The van der Waals surface area contributed by atoms with Crippen molar-refractivity contribution < 1.29 is 4.79 Å². The molecule has 0 bridgehead atoms. The minimum Gasteiger partial charge on any atom is -0.298 e. The van der Waals surface area contributed by atoms with Crippen molar-refractivity contribution >= 4 is 6.29 Å². The molecule has 0 spiro atoms. The number of benzene rings is 1. The molecule has 1 aromatic carbocycles. The van der Waals surface area contributed by atoms with E-state index in [-0.39, 0.29) is 0 Å². The van der Waals surface area contributed by atoms with Gasteiger partial charge in [-0.2, -0.15) is 5.10 Å². The molecular weight excluding hydrogens is 212 g/mol. The van der Waals surface area contributed by atoms with Crippen molar-refractivity contribution in [1.29, 1.82) is 0 Å². The maximum absolute atomic E-state index is 10.5. The van der Waals surface area contributed by atoms with Crippen LogP contribution >= 0.6 is 0 Å². The summed E-state index contributed by atoms with van der Waals surface area (Å²) < 4.78 is 1.77. The van der Waals surface area contributed by atoms with Crippen LogP contribution in [0.25, 0.3) is 0 Å². The molecular formula is C14H16N2O. The van der Waals surface area contributed by atoms with Crippen LogP contribution in [0.15, 0.2) is 36.7 Å². The van der Waals surface area contributed by atoms with Crippen LogP contribution in [-0.2, 0) is 6.54 Å². The third-order valence-electron chi connectivity index (χ3n) is 2.78. The van der Waals surface area contributed by atoms with E-state index < -0.39 is 0 Å². The highest BCUT2D eigenvalue weighted by Crippen LogP contribution is 2.15. The molecule has 2 rings (SSSR count). The van der Waals surface area contributed by atoms with E-state index in [2.05, 4.69) is 43.2 Å². The lowest BCUT2D eigenvalue weighted by Crippen LogP contribution is -2.00. The lowest BCUT2D eigenvalue weighted by atomic mass is 10.0. The Hall–Kier alpha value is -1.90. The summed E-state index contributed by atoms with van der Waals surface area (Å²) in [4.78, 5) is 10.5. The largest absolute Gasteiger partial charge is 0.298 e. The molecule has 0 radical (unpaired) electrons. The predicted octanol–water partition coefficient (Wildman–Crippen LogP) is 2.87. The van der Waals surface area contributed by atoms with E-state index in [0.29, 0.717) is 18.0 Å². The fourth-order valence-corrected chi connectivity index (χ4v) is 1.72. The number of hydrogen-bond acceptors (Lipinski definition) is 2. The Morgan fingerprint density at radius 1 is 1.29 bits per heavy atom. The third-order valence-corrected chi connectivity index (χ3v) is 2.78. The highest BCUT2D eigenvalue weighted by Gasteiger charge is 2.01. The molecule has 0 atom stereocenters. The molecule has 3 heteroatoms. The minimum atomic E-state index is 0.551. The molecule has 2 aromatic rings. The fraction of sp³-hybridized carbons (Fsp3) is 0.286. The fourth-order valence-electron chi connectivity index (χ4n) is 1.72. The molecule has 0 amide bonds. The number of aldehydes is 1. The Kier molecular flexibility index (Phi) is 3.38. The van der Waals surface area contributed by atoms with Gasteiger partial charge in [-0.3, -0.25) is 9.48 Å². The van der Waals surface area contributed by atoms with Gasteiger partial charge in [0.25, 0.3) is 0 Å². The number of rotatable bonds is 4. The molecule has 0 aliphatic rings. The second-order valence-corrected chi connectivity index (χ2v) is 4.49. The van der Waals surface area contributed by atoms with Gasteiger partial charge < -0.3 is 0 Å². The Bertz CT molecular complexity index is 497. The van der Waals surface area contributed by atoms with Crippen LogP contribution in [0.1, 0.15) is 41.3 Å². The zero-order valence-corrected chi connectivity index (χ0v) is 10.1. The van der Waals surface area contributed by atoms with Crippen LogP contribution in [0.3, 0.4) is 0 Å². The van der Waals surface area contributed by atoms with Gasteiger partial charge in [0, 0.05) is 6.20 Å². The SMILES string of the molecule is CC(C)c1ccc(Cn2cc(C=O)cn2)cc1. The zero-order valence-electron chi connectivity index (χ0n) is 10.1. The van der Waals surface area contributed by atoms with E-state index in [0.717, 1.165) is 6.29 Å². The van der Waals surface area contributed by atoms with Crippen molar-refractivity contribution in [2.24, 2.45) is 0 Å². The number of hydrogen-bond donors (Lipinski definition) is 0. The summed E-state index contributed by atoms with van der Waals surface area (Å²) in [6.07, 6.45) is 4.14. The van der Waals surface area contributed by atoms with Crippen LogP contribution in [-0.4, -0.2) is 16.1 Å². The summed E-state index contributed by atoms with van der Waals surface area (Å²) in [5.74, 6) is 0.551. The summed E-state index contributed by atoms with van der Waals surface area (Å²) in [5.41, 5.74) is 3.14. The molecule has 88 valence electrons. The van der Waals surface area contributed by atoms with Crippen molar-refractivity contribution in [2.75, 3.05) is 0 Å². The van der Waals surface area contributed by atoms with Gasteiger partial charge in [0.1, 0.15) is 0 Å². The van der Waals surface area contributed by atoms with Gasteiger partial charge in [-0.1, -0.05) is 38.1 Å². The van der Waals surface area contributed by atoms with Crippen molar-refractivity contribution in [3.8, 4) is 0 Å². The molecule has 17 heavy (non-hydrogen) atoms. The molecule has 1 heterocycles. The molecule has 3 nitrogen and oxygen atoms in total. The van der Waals surface area contributed by atoms with Crippen LogP contribution in [0, 0.1) is 0 Å². The first-order valence-electron chi connectivity index (χ1n) is 5.75. The number of nitrogens with zero attached hydrogens (tertiary/aromatic N) is 2. The van der Waals surface area contributed by atoms with Crippen LogP contribution < -0.4 is 0 Å². The molecule has 0 unspecified atom stereocenters. The first-order chi connectivity index (χ1) is 8.19. The maximum Gasteiger partial charge on any atom is 0.153 e. The third kappa shape index (κ3) is 2.81. The van der Waals surface area contributed by atoms with E-state index in [4.69, 9.17) is 0 Å². The highest BCUT2D eigenvalue weighted by atomic mass is 16.1. The summed E-state index contributed by atoms with van der Waals surface area (Å²) in [6.45, 7) is 5.06. The van der Waals surface area contributed by atoms with Gasteiger partial charge >= 0.3 is 0 Å². The lowest BCUT2D eigenvalue weighted by Gasteiger charge is -2.07. The lowest BCUT2D eigenvalue weighted by molar-refractivity contribution is 0.112. The second-order valence-electron chi connectivity index (χ2n) is 4.49. The summed E-state index contributed by atoms with van der Waals surface area (Å²) >= 11 is 0. The average molecular weight is 228 g/mol. The first-order valence-corrected chi connectivity index (χ1v) is 5.75. The zero-order chi connectivity index (χ0) is 12.3. The Balaban J connectivity index is 2.10. The number of aromatic nitrogens is 2. The Labute approximate surface area is 101 Å². The molecule has 0 aliphatic carbocycles. The van der Waals surface area contributed by atoms with Gasteiger partial charge in [-0.05, 0) is 17.0 Å². The average Bonchev–Trinajstić information content (AvgIpc) is 2.77. The number of carbonyl (C=O) groups is 1. The van der Waals surface area contributed by atoms with Crippen LogP contribution in [0.5, 0.6) is 0 Å². The van der Waals surface area contributed by atoms with Crippen molar-refractivity contribution in [2.45, 2.75) is 26.3 Å². The van der Waals surface area contributed by atoms with Gasteiger partial charge in [-0.25, -0.2) is 0 Å². The smallest absolute Gasteiger partial charge is 0.153 e. The molecule has 0 saturated carbocycles. The minimum absolute atomic E-state index is 0.551. The Morgan fingerprint density at radius 2 is 2.00 bits per heavy atom. The normalized spacial score (nSPS) is 10.8. The maximum atomic E-state index is 10.5. The summed E-state index contributed by atoms with van der Waals surface area (Å²) in [6, 6.07) is 8.50. The molecule has 0 N–H and O–H groups in total. The van der Waals surface area contributed by atoms with Crippen molar-refractivity contribution in [1.82, 2.24) is 9.78 Å². The molecule has 0 fully saturated rings. The Morgan fingerprint density at radius 3 is 2.53 bits per heavy atom. The molecule has 0 saturated heterocycles. The molecule has 1 aromatic heterocycles. The van der Waals surface area contributed by atoms with Gasteiger partial charge in [-0.15, -0.1) is 0 Å². The number of carbonyl (C=O) groups excluding carboxylic acids is 1. The van der Waals surface area contributed by atoms with E-state index in [9.17, 15) is 4.79 Å². The highest BCUT2D eigenvalue weighted by molar-refractivity contribution is 5.73. The van der Waals surface area contributed by atoms with Crippen LogP contribution in [0.4, 0.5) is 0 Å². The van der Waals surface area contributed by atoms with E-state index >= 15 is 0 Å². The molecule has 0 aliphatic heterocycles. The monoisotopic (exact) mass is 228 g/mol. The summed E-state index contributed by atoms with van der Waals surface area (Å²) in [5, 5.41) is 4.13. The topological polar surface area (TPSA) is 34.9 Å². The first kappa shape index (κ1) is 11.6. The van der Waals surface area contributed by atoms with E-state index in [1.54, 1.807) is 17.1 Å². The quantitative estimate of drug-likeness (QED) is 0.754. The standard InChI is InChI=1S/C14H16N2O/c1-11(2)14-5-3-12(4-6-14)8-16-9-13(10-17)7-15-16/h3-7,9-11H,8H2,1-2H3. The van der Waals surface area contributed by atoms with Crippen molar-refractivity contribution in [3.05, 3.63) is 53.3 Å². The van der Waals surface area contributed by atoms with Crippen LogP contribution in [0.2, 0.25) is 0 Å². The summed E-state index contributed by atoms with van der Waals surface area (Å²) in [7, 11) is 0. The van der Waals surface area contributed by atoms with Crippen molar-refractivity contribution in [3.63, 3.8) is 0 Å². The van der Waals surface area contributed by atoms with Gasteiger partial charge in [0.2, 0.25) is 0 Å². The van der Waals surface area contributed by atoms with Gasteiger partial charge in [0.05, 0.1) is 18.3 Å². The second kappa shape index (κ2) is 4.95.